The van der Waals surface area contributed by atoms with Gasteiger partial charge in [0, 0.05) is 11.6 Å². The number of carboxylic acid groups (broad SMARTS) is 1. The Morgan fingerprint density at radius 2 is 2.14 bits per heavy atom. The van der Waals surface area contributed by atoms with Crippen LogP contribution in [0.2, 0.25) is 0 Å². The number of hydrogen-bond donors (Lipinski definition) is 2. The van der Waals surface area contributed by atoms with Crippen molar-refractivity contribution < 1.29 is 14.7 Å². The minimum Gasteiger partial charge on any atom is -0.481 e. The molecule has 0 radical (unpaired) electrons. The van der Waals surface area contributed by atoms with Crippen molar-refractivity contribution in [1.82, 2.24) is 10.3 Å². The zero-order valence-electron chi connectivity index (χ0n) is 11.7. The quantitative estimate of drug-likeness (QED) is 0.818. The standard InChI is InChI=1S/C15H18N2O3S/c1-2-10(14-16-5-6-21-14)17-13(18)11-8-3-4-9(7-8)12(11)15(19)20/h3-6,8-12H,2,7H2,1H3,(H,17,18)(H,19,20)/t8?,9?,10?,11-,12+/m0/s1. The molecule has 112 valence electrons. The molecule has 2 aliphatic rings. The lowest BCUT2D eigenvalue weighted by molar-refractivity contribution is -0.148. The first kappa shape index (κ1) is 14.3. The van der Waals surface area contributed by atoms with Gasteiger partial charge in [0.2, 0.25) is 5.91 Å². The molecule has 0 saturated heterocycles. The zero-order chi connectivity index (χ0) is 15.0. The van der Waals surface area contributed by atoms with Gasteiger partial charge in [0.25, 0.3) is 0 Å². The van der Waals surface area contributed by atoms with Gasteiger partial charge >= 0.3 is 5.97 Å². The Labute approximate surface area is 127 Å². The minimum absolute atomic E-state index is 0.00295. The first-order chi connectivity index (χ1) is 10.1. The van der Waals surface area contributed by atoms with Crippen LogP contribution >= 0.6 is 11.3 Å². The molecule has 1 amide bonds. The Morgan fingerprint density at radius 1 is 1.43 bits per heavy atom. The fourth-order valence-corrected chi connectivity index (χ4v) is 4.30. The third-order valence-electron chi connectivity index (χ3n) is 4.52. The maximum absolute atomic E-state index is 12.6. The third-order valence-corrected chi connectivity index (χ3v) is 5.41. The minimum atomic E-state index is -0.866. The SMILES string of the molecule is CCC(NC(=O)[C@H]1C2C=CC(C2)[C@H]1C(=O)O)c1nccs1. The normalized spacial score (nSPS) is 31.3. The van der Waals surface area contributed by atoms with Crippen LogP contribution in [0.1, 0.15) is 30.8 Å². The van der Waals surface area contributed by atoms with E-state index in [0.717, 1.165) is 17.8 Å². The largest absolute Gasteiger partial charge is 0.481 e. The zero-order valence-corrected chi connectivity index (χ0v) is 12.5. The van der Waals surface area contributed by atoms with Crippen molar-refractivity contribution in [1.29, 1.82) is 0 Å². The summed E-state index contributed by atoms with van der Waals surface area (Å²) in [6, 6.07) is -0.130. The molecule has 2 bridgehead atoms. The number of nitrogens with zero attached hydrogens (tertiary/aromatic N) is 1. The summed E-state index contributed by atoms with van der Waals surface area (Å²) in [5, 5.41) is 15.1. The smallest absolute Gasteiger partial charge is 0.307 e. The summed E-state index contributed by atoms with van der Waals surface area (Å²) in [5.41, 5.74) is 0. The van der Waals surface area contributed by atoms with E-state index in [0.29, 0.717) is 0 Å². The van der Waals surface area contributed by atoms with E-state index in [4.69, 9.17) is 0 Å². The second-order valence-electron chi connectivity index (χ2n) is 5.68. The molecular formula is C15H18N2O3S. The maximum atomic E-state index is 12.6. The van der Waals surface area contributed by atoms with Crippen molar-refractivity contribution >= 4 is 23.2 Å². The van der Waals surface area contributed by atoms with Crippen LogP contribution < -0.4 is 5.32 Å². The molecule has 6 heteroatoms. The number of fused-ring (bicyclic) bond motifs is 2. The van der Waals surface area contributed by atoms with Crippen LogP contribution in [0.3, 0.4) is 0 Å². The Bertz CT molecular complexity index is 569. The molecule has 1 fully saturated rings. The monoisotopic (exact) mass is 306 g/mol. The number of rotatable bonds is 5. The molecular weight excluding hydrogens is 288 g/mol. The summed E-state index contributed by atoms with van der Waals surface area (Å²) in [5.74, 6) is -2.00. The number of carboxylic acids is 1. The Morgan fingerprint density at radius 3 is 2.71 bits per heavy atom. The fraction of sp³-hybridized carbons (Fsp3) is 0.533. The van der Waals surface area contributed by atoms with Gasteiger partial charge in [-0.15, -0.1) is 11.3 Å². The van der Waals surface area contributed by atoms with E-state index in [-0.39, 0.29) is 23.8 Å². The number of carbonyl (C=O) groups excluding carboxylic acids is 1. The highest BCUT2D eigenvalue weighted by Gasteiger charge is 2.51. The summed E-state index contributed by atoms with van der Waals surface area (Å²) in [4.78, 5) is 28.3. The molecule has 1 aromatic heterocycles. The first-order valence-electron chi connectivity index (χ1n) is 7.22. The second kappa shape index (κ2) is 5.60. The average Bonchev–Trinajstić information content (AvgIpc) is 3.18. The van der Waals surface area contributed by atoms with Crippen LogP contribution in [0.5, 0.6) is 0 Å². The molecule has 3 unspecified atom stereocenters. The molecule has 1 saturated carbocycles. The summed E-state index contributed by atoms with van der Waals surface area (Å²) in [6.45, 7) is 1.99. The van der Waals surface area contributed by atoms with Crippen LogP contribution in [0.15, 0.2) is 23.7 Å². The molecule has 1 aromatic rings. The Balaban J connectivity index is 1.75. The van der Waals surface area contributed by atoms with Gasteiger partial charge in [-0.25, -0.2) is 4.98 Å². The third kappa shape index (κ3) is 2.48. The van der Waals surface area contributed by atoms with Crippen LogP contribution in [0, 0.1) is 23.7 Å². The molecule has 0 aliphatic heterocycles. The number of allylic oxidation sites excluding steroid dienone is 2. The van der Waals surface area contributed by atoms with Gasteiger partial charge in [-0.05, 0) is 24.7 Å². The lowest BCUT2D eigenvalue weighted by Crippen LogP contribution is -2.41. The number of thiazole rings is 1. The van der Waals surface area contributed by atoms with E-state index in [1.54, 1.807) is 6.20 Å². The summed E-state index contributed by atoms with van der Waals surface area (Å²) < 4.78 is 0. The second-order valence-corrected chi connectivity index (χ2v) is 6.60. The molecule has 3 rings (SSSR count). The van der Waals surface area contributed by atoms with Crippen molar-refractivity contribution in [3.8, 4) is 0 Å². The van der Waals surface area contributed by atoms with Gasteiger partial charge in [-0.1, -0.05) is 19.1 Å². The predicted octanol–water partition coefficient (Wildman–Crippen LogP) is 2.23. The number of aromatic nitrogens is 1. The van der Waals surface area contributed by atoms with Gasteiger partial charge in [-0.2, -0.15) is 0 Å². The summed E-state index contributed by atoms with van der Waals surface area (Å²) in [6.07, 6.45) is 7.19. The molecule has 21 heavy (non-hydrogen) atoms. The van der Waals surface area contributed by atoms with E-state index in [9.17, 15) is 14.7 Å². The predicted molar refractivity (Wildman–Crippen MR) is 78.6 cm³/mol. The van der Waals surface area contributed by atoms with Gasteiger partial charge in [0.1, 0.15) is 5.01 Å². The Hall–Kier alpha value is -1.69. The number of carbonyl (C=O) groups is 2. The first-order valence-corrected chi connectivity index (χ1v) is 8.10. The molecule has 5 nitrogen and oxygen atoms in total. The van der Waals surface area contributed by atoms with E-state index >= 15 is 0 Å². The van der Waals surface area contributed by atoms with E-state index in [2.05, 4.69) is 10.3 Å². The molecule has 0 aromatic carbocycles. The highest BCUT2D eigenvalue weighted by Crippen LogP contribution is 2.48. The van der Waals surface area contributed by atoms with E-state index in [1.165, 1.54) is 11.3 Å². The lowest BCUT2D eigenvalue weighted by atomic mass is 9.82. The van der Waals surface area contributed by atoms with Crippen molar-refractivity contribution in [3.05, 3.63) is 28.7 Å². The van der Waals surface area contributed by atoms with Crippen LogP contribution in [-0.4, -0.2) is 22.0 Å². The summed E-state index contributed by atoms with van der Waals surface area (Å²) >= 11 is 1.51. The van der Waals surface area contributed by atoms with E-state index < -0.39 is 17.8 Å². The number of hydrogen-bond acceptors (Lipinski definition) is 4. The van der Waals surface area contributed by atoms with Gasteiger partial charge < -0.3 is 10.4 Å². The molecule has 2 N–H and O–H groups in total. The van der Waals surface area contributed by atoms with Crippen molar-refractivity contribution in [3.63, 3.8) is 0 Å². The highest BCUT2D eigenvalue weighted by molar-refractivity contribution is 7.09. The maximum Gasteiger partial charge on any atom is 0.307 e. The topological polar surface area (TPSA) is 79.3 Å². The number of aliphatic carboxylic acids is 1. The van der Waals surface area contributed by atoms with Gasteiger partial charge in [-0.3, -0.25) is 9.59 Å². The Kier molecular flexibility index (Phi) is 3.80. The lowest BCUT2D eigenvalue weighted by Gasteiger charge is -2.26. The highest BCUT2D eigenvalue weighted by atomic mass is 32.1. The average molecular weight is 306 g/mol. The van der Waals surface area contributed by atoms with Crippen molar-refractivity contribution in [2.45, 2.75) is 25.8 Å². The fourth-order valence-electron chi connectivity index (χ4n) is 3.53. The molecule has 2 aliphatic carbocycles. The van der Waals surface area contributed by atoms with Crippen LogP contribution in [-0.2, 0) is 9.59 Å². The van der Waals surface area contributed by atoms with Crippen LogP contribution in [0.4, 0.5) is 0 Å². The number of nitrogens with one attached hydrogen (secondary N) is 1. The molecule has 1 heterocycles. The number of amides is 1. The van der Waals surface area contributed by atoms with E-state index in [1.807, 2.05) is 24.5 Å². The van der Waals surface area contributed by atoms with Crippen molar-refractivity contribution in [2.75, 3.05) is 0 Å². The van der Waals surface area contributed by atoms with Gasteiger partial charge in [0.15, 0.2) is 0 Å². The molecule has 0 spiro atoms. The van der Waals surface area contributed by atoms with Crippen molar-refractivity contribution in [2.24, 2.45) is 23.7 Å². The molecule has 5 atom stereocenters. The van der Waals surface area contributed by atoms with Crippen LogP contribution in [0.25, 0.3) is 0 Å². The summed E-state index contributed by atoms with van der Waals surface area (Å²) in [7, 11) is 0. The van der Waals surface area contributed by atoms with Gasteiger partial charge in [0.05, 0.1) is 17.9 Å².